The predicted molar refractivity (Wildman–Crippen MR) is 47.9 cm³/mol. The van der Waals surface area contributed by atoms with Crippen molar-refractivity contribution in [1.29, 1.82) is 0 Å². The fraction of sp³-hybridized carbons (Fsp3) is 0.750. The first-order valence-electron chi connectivity index (χ1n) is 4.42. The third-order valence-electron chi connectivity index (χ3n) is 2.27. The van der Waals surface area contributed by atoms with Crippen molar-refractivity contribution in [3.05, 3.63) is 0 Å². The van der Waals surface area contributed by atoms with Gasteiger partial charge in [0.25, 0.3) is 0 Å². The number of nitrogens with two attached hydrogens (primary N) is 1. The smallest absolute Gasteiger partial charge is 0.231 e. The summed E-state index contributed by atoms with van der Waals surface area (Å²) >= 11 is 0. The van der Waals surface area contributed by atoms with E-state index in [1.807, 2.05) is 4.90 Å². The van der Waals surface area contributed by atoms with Crippen molar-refractivity contribution in [2.45, 2.75) is 18.9 Å². The number of amides is 2. The molecule has 1 heterocycles. The molecule has 0 aromatic rings. The van der Waals surface area contributed by atoms with Crippen molar-refractivity contribution in [3.63, 3.8) is 0 Å². The van der Waals surface area contributed by atoms with Gasteiger partial charge in [-0.2, -0.15) is 0 Å². The maximum absolute atomic E-state index is 10.6. The molecule has 1 aliphatic rings. The highest BCUT2D eigenvalue weighted by Crippen LogP contribution is 2.08. The first kappa shape index (κ1) is 9.98. The first-order valence-corrected chi connectivity index (χ1v) is 4.42. The molecular formula is C8H15N3O2. The minimum atomic E-state index is -0.290. The van der Waals surface area contributed by atoms with Gasteiger partial charge < -0.3 is 11.1 Å². The van der Waals surface area contributed by atoms with E-state index in [0.29, 0.717) is 6.54 Å². The van der Waals surface area contributed by atoms with E-state index < -0.39 is 0 Å². The second-order valence-corrected chi connectivity index (χ2v) is 3.30. The van der Waals surface area contributed by atoms with Gasteiger partial charge in [-0.3, -0.25) is 14.5 Å². The zero-order chi connectivity index (χ0) is 9.68. The van der Waals surface area contributed by atoms with Gasteiger partial charge in [0, 0.05) is 19.1 Å². The van der Waals surface area contributed by atoms with Gasteiger partial charge in [-0.05, 0) is 12.8 Å². The van der Waals surface area contributed by atoms with Crippen molar-refractivity contribution in [1.82, 2.24) is 10.2 Å². The molecule has 0 aliphatic carbocycles. The topological polar surface area (TPSA) is 75.4 Å². The summed E-state index contributed by atoms with van der Waals surface area (Å²) in [6.07, 6.45) is 2.52. The quantitative estimate of drug-likeness (QED) is 0.533. The molecule has 0 bridgehead atoms. The van der Waals surface area contributed by atoms with Crippen LogP contribution >= 0.6 is 0 Å². The van der Waals surface area contributed by atoms with E-state index in [9.17, 15) is 9.59 Å². The Balaban J connectivity index is 2.22. The summed E-state index contributed by atoms with van der Waals surface area (Å²) < 4.78 is 0. The number of carbonyl (C=O) groups excluding carboxylic acids is 2. The van der Waals surface area contributed by atoms with Crippen LogP contribution < -0.4 is 11.1 Å². The minimum absolute atomic E-state index is 0.265. The maximum atomic E-state index is 10.6. The summed E-state index contributed by atoms with van der Waals surface area (Å²) in [5, 5.41) is 2.73. The van der Waals surface area contributed by atoms with Crippen LogP contribution in [0, 0.1) is 0 Å². The van der Waals surface area contributed by atoms with Crippen molar-refractivity contribution < 1.29 is 9.59 Å². The number of nitrogens with zero attached hydrogens (tertiary/aromatic N) is 1. The molecule has 74 valence electrons. The van der Waals surface area contributed by atoms with Crippen LogP contribution in [-0.2, 0) is 9.59 Å². The minimum Gasteiger partial charge on any atom is -0.369 e. The van der Waals surface area contributed by atoms with E-state index in [1.54, 1.807) is 0 Å². The predicted octanol–water partition coefficient (Wildman–Crippen LogP) is -1.32. The summed E-state index contributed by atoms with van der Waals surface area (Å²) in [4.78, 5) is 22.7. The second kappa shape index (κ2) is 4.81. The molecule has 1 fully saturated rings. The monoisotopic (exact) mass is 185 g/mol. The van der Waals surface area contributed by atoms with Crippen LogP contribution in [0.1, 0.15) is 12.8 Å². The third-order valence-corrected chi connectivity index (χ3v) is 2.27. The molecule has 0 spiro atoms. The molecule has 0 atom stereocenters. The van der Waals surface area contributed by atoms with Crippen LogP contribution in [0.15, 0.2) is 0 Å². The second-order valence-electron chi connectivity index (χ2n) is 3.30. The van der Waals surface area contributed by atoms with Gasteiger partial charge in [0.2, 0.25) is 12.3 Å². The first-order chi connectivity index (χ1) is 6.22. The number of piperidine rings is 1. The molecule has 0 aromatic heterocycles. The van der Waals surface area contributed by atoms with Gasteiger partial charge in [0.15, 0.2) is 0 Å². The highest BCUT2D eigenvalue weighted by molar-refractivity contribution is 5.75. The number of primary amides is 1. The molecule has 1 saturated heterocycles. The zero-order valence-corrected chi connectivity index (χ0v) is 7.53. The van der Waals surface area contributed by atoms with Crippen LogP contribution in [0.5, 0.6) is 0 Å². The fourth-order valence-electron chi connectivity index (χ4n) is 1.57. The Morgan fingerprint density at radius 3 is 2.62 bits per heavy atom. The number of rotatable bonds is 4. The van der Waals surface area contributed by atoms with Gasteiger partial charge >= 0.3 is 0 Å². The Morgan fingerprint density at radius 2 is 2.15 bits per heavy atom. The van der Waals surface area contributed by atoms with E-state index in [0.717, 1.165) is 32.3 Å². The summed E-state index contributed by atoms with van der Waals surface area (Å²) in [6.45, 7) is 1.98. The highest BCUT2D eigenvalue weighted by atomic mass is 16.1. The van der Waals surface area contributed by atoms with Crippen LogP contribution in [0.3, 0.4) is 0 Å². The van der Waals surface area contributed by atoms with Gasteiger partial charge in [-0.15, -0.1) is 0 Å². The van der Waals surface area contributed by atoms with Crippen molar-refractivity contribution in [3.8, 4) is 0 Å². The Bertz CT molecular complexity index is 188. The largest absolute Gasteiger partial charge is 0.369 e. The number of hydrogen-bond donors (Lipinski definition) is 2. The molecular weight excluding hydrogens is 170 g/mol. The molecule has 0 saturated carbocycles. The lowest BCUT2D eigenvalue weighted by Gasteiger charge is -2.30. The standard InChI is InChI=1S/C8H15N3O2/c9-8(13)5-11-3-1-7(2-4-11)10-6-12/h6-7H,1-5H2,(H2,9,13)(H,10,12). The Kier molecular flexibility index (Phi) is 3.70. The van der Waals surface area contributed by atoms with Gasteiger partial charge in [-0.25, -0.2) is 0 Å². The molecule has 2 amide bonds. The molecule has 5 heteroatoms. The van der Waals surface area contributed by atoms with E-state index in [2.05, 4.69) is 5.32 Å². The van der Waals surface area contributed by atoms with Crippen LogP contribution in [0.4, 0.5) is 0 Å². The number of likely N-dealkylation sites (tertiary alicyclic amines) is 1. The number of carbonyl (C=O) groups is 2. The Labute approximate surface area is 77.3 Å². The van der Waals surface area contributed by atoms with Crippen LogP contribution in [0.25, 0.3) is 0 Å². The molecule has 0 aromatic carbocycles. The molecule has 0 unspecified atom stereocenters. The maximum Gasteiger partial charge on any atom is 0.231 e. The lowest BCUT2D eigenvalue weighted by molar-refractivity contribution is -0.119. The normalized spacial score (nSPS) is 19.7. The van der Waals surface area contributed by atoms with Crippen molar-refractivity contribution >= 4 is 12.3 Å². The van der Waals surface area contributed by atoms with Gasteiger partial charge in [0.05, 0.1) is 6.54 Å². The number of nitrogens with one attached hydrogen (secondary N) is 1. The molecule has 5 nitrogen and oxygen atoms in total. The average Bonchev–Trinajstić information content (AvgIpc) is 2.08. The van der Waals surface area contributed by atoms with Crippen LogP contribution in [-0.4, -0.2) is 42.9 Å². The van der Waals surface area contributed by atoms with E-state index in [1.165, 1.54) is 0 Å². The van der Waals surface area contributed by atoms with Gasteiger partial charge in [-0.1, -0.05) is 0 Å². The summed E-state index contributed by atoms with van der Waals surface area (Å²) in [7, 11) is 0. The fourth-order valence-corrected chi connectivity index (χ4v) is 1.57. The molecule has 0 radical (unpaired) electrons. The third kappa shape index (κ3) is 3.42. The molecule has 13 heavy (non-hydrogen) atoms. The summed E-state index contributed by atoms with van der Waals surface area (Å²) in [6, 6.07) is 0.265. The molecule has 1 aliphatic heterocycles. The zero-order valence-electron chi connectivity index (χ0n) is 7.53. The lowest BCUT2D eigenvalue weighted by Crippen LogP contribution is -2.44. The van der Waals surface area contributed by atoms with Gasteiger partial charge in [0.1, 0.15) is 0 Å². The van der Waals surface area contributed by atoms with Crippen LogP contribution in [0.2, 0.25) is 0 Å². The van der Waals surface area contributed by atoms with Crippen molar-refractivity contribution in [2.75, 3.05) is 19.6 Å². The Hall–Kier alpha value is -1.10. The van der Waals surface area contributed by atoms with E-state index >= 15 is 0 Å². The van der Waals surface area contributed by atoms with E-state index in [-0.39, 0.29) is 11.9 Å². The number of hydrogen-bond acceptors (Lipinski definition) is 3. The summed E-state index contributed by atoms with van der Waals surface area (Å²) in [5.74, 6) is -0.290. The lowest BCUT2D eigenvalue weighted by atomic mass is 10.1. The Morgan fingerprint density at radius 1 is 1.54 bits per heavy atom. The van der Waals surface area contributed by atoms with Crippen molar-refractivity contribution in [2.24, 2.45) is 5.73 Å². The average molecular weight is 185 g/mol. The molecule has 1 rings (SSSR count). The molecule has 3 N–H and O–H groups in total. The van der Waals surface area contributed by atoms with E-state index in [4.69, 9.17) is 5.73 Å². The highest BCUT2D eigenvalue weighted by Gasteiger charge is 2.18. The SMILES string of the molecule is NC(=O)CN1CCC(NC=O)CC1. The summed E-state index contributed by atoms with van der Waals surface area (Å²) in [5.41, 5.74) is 5.06.